The zero-order valence-electron chi connectivity index (χ0n) is 19.9. The molecule has 0 saturated heterocycles. The molecule has 176 valence electrons. The Balaban J connectivity index is 1.46. The monoisotopic (exact) mass is 459 g/mol. The van der Waals surface area contributed by atoms with Crippen LogP contribution in [0, 0.1) is 13.8 Å². The summed E-state index contributed by atoms with van der Waals surface area (Å²) in [5.74, 6) is -1.01. The van der Waals surface area contributed by atoms with Crippen molar-refractivity contribution >= 4 is 17.7 Å². The van der Waals surface area contributed by atoms with E-state index in [0.29, 0.717) is 13.1 Å². The van der Waals surface area contributed by atoms with Crippen LogP contribution in [0.25, 0.3) is 0 Å². The molecular formula is C26H29N5O3. The quantitative estimate of drug-likeness (QED) is 0.592. The smallest absolute Gasteiger partial charge is 0.272 e. The number of aromatic nitrogens is 2. The summed E-state index contributed by atoms with van der Waals surface area (Å²) in [4.78, 5) is 40.3. The Labute approximate surface area is 199 Å². The fourth-order valence-corrected chi connectivity index (χ4v) is 4.01. The van der Waals surface area contributed by atoms with Crippen LogP contribution in [-0.4, -0.2) is 45.0 Å². The molecule has 0 aliphatic carbocycles. The third kappa shape index (κ3) is 4.57. The third-order valence-electron chi connectivity index (χ3n) is 6.33. The van der Waals surface area contributed by atoms with Crippen LogP contribution in [0.5, 0.6) is 0 Å². The fourth-order valence-electron chi connectivity index (χ4n) is 4.01. The van der Waals surface area contributed by atoms with Gasteiger partial charge in [0.15, 0.2) is 5.69 Å². The number of fused-ring (bicyclic) bond motifs is 1. The summed E-state index contributed by atoms with van der Waals surface area (Å²) in [7, 11) is 1.60. The summed E-state index contributed by atoms with van der Waals surface area (Å²) in [5, 5.41) is 10.1. The number of carbonyl (C=O) groups is 3. The molecule has 3 amide bonds. The summed E-state index contributed by atoms with van der Waals surface area (Å²) in [5.41, 5.74) is 3.49. The number of hydrogen-bond acceptors (Lipinski definition) is 4. The highest BCUT2D eigenvalue weighted by molar-refractivity contribution is 6.01. The molecule has 2 aromatic carbocycles. The summed E-state index contributed by atoms with van der Waals surface area (Å²) < 4.78 is 1.45. The van der Waals surface area contributed by atoms with E-state index in [2.05, 4.69) is 15.7 Å². The maximum absolute atomic E-state index is 13.1. The van der Waals surface area contributed by atoms with Gasteiger partial charge in [-0.05, 0) is 31.9 Å². The van der Waals surface area contributed by atoms with Crippen molar-refractivity contribution in [2.75, 3.05) is 7.05 Å². The molecular weight excluding hydrogens is 430 g/mol. The zero-order valence-corrected chi connectivity index (χ0v) is 19.9. The highest BCUT2D eigenvalue weighted by Crippen LogP contribution is 2.26. The Hall–Kier alpha value is -3.94. The normalized spacial score (nSPS) is 17.3. The van der Waals surface area contributed by atoms with Gasteiger partial charge in [0.2, 0.25) is 5.91 Å². The third-order valence-corrected chi connectivity index (χ3v) is 6.33. The predicted molar refractivity (Wildman–Crippen MR) is 128 cm³/mol. The molecule has 3 aromatic rings. The van der Waals surface area contributed by atoms with E-state index >= 15 is 0 Å². The maximum Gasteiger partial charge on any atom is 0.272 e. The molecule has 4 rings (SSSR count). The lowest BCUT2D eigenvalue weighted by Gasteiger charge is -2.40. The average molecular weight is 460 g/mol. The summed E-state index contributed by atoms with van der Waals surface area (Å²) in [6, 6.07) is 17.2. The van der Waals surface area contributed by atoms with Crippen molar-refractivity contribution in [1.29, 1.82) is 0 Å². The number of hydrogen-bond donors (Lipinski definition) is 2. The zero-order chi connectivity index (χ0) is 24.5. The molecule has 0 fully saturated rings. The minimum absolute atomic E-state index is 0.147. The first kappa shape index (κ1) is 23.2. The number of likely N-dealkylation sites (N-methyl/N-ethyl adjacent to an activating group) is 1. The number of rotatable bonds is 6. The molecule has 0 bridgehead atoms. The standard InChI is InChI=1S/C26H29N5O3/c1-17-8-10-19(11-9-17)14-28-25(34)26(3)16-31-22(24(33)30(26)4)13-21(29-31)23(32)27-15-20-7-5-6-18(2)12-20/h5-13H,14-16H2,1-4H3,(H,27,32)(H,28,34)/t26-/m0/s1. The van der Waals surface area contributed by atoms with Crippen LogP contribution in [0.4, 0.5) is 0 Å². The fraction of sp³-hybridized carbons (Fsp3) is 0.308. The molecule has 1 atom stereocenters. The van der Waals surface area contributed by atoms with Gasteiger partial charge in [0.05, 0.1) is 6.54 Å². The molecule has 0 radical (unpaired) electrons. The second-order valence-electron chi connectivity index (χ2n) is 9.05. The van der Waals surface area contributed by atoms with Crippen LogP contribution in [0.15, 0.2) is 54.6 Å². The van der Waals surface area contributed by atoms with Crippen LogP contribution in [-0.2, 0) is 24.4 Å². The first-order valence-electron chi connectivity index (χ1n) is 11.2. The Morgan fingerprint density at radius 1 is 0.971 bits per heavy atom. The lowest BCUT2D eigenvalue weighted by molar-refractivity contribution is -0.132. The minimum atomic E-state index is -1.14. The van der Waals surface area contributed by atoms with Gasteiger partial charge in [0, 0.05) is 26.2 Å². The van der Waals surface area contributed by atoms with Gasteiger partial charge in [-0.1, -0.05) is 59.7 Å². The number of nitrogens with zero attached hydrogens (tertiary/aromatic N) is 3. The van der Waals surface area contributed by atoms with Crippen LogP contribution in [0.2, 0.25) is 0 Å². The van der Waals surface area contributed by atoms with Crippen molar-refractivity contribution in [1.82, 2.24) is 25.3 Å². The molecule has 8 heteroatoms. The molecule has 1 aliphatic heterocycles. The van der Waals surface area contributed by atoms with Gasteiger partial charge in [-0.25, -0.2) is 0 Å². The van der Waals surface area contributed by atoms with Gasteiger partial charge in [-0.3, -0.25) is 19.1 Å². The van der Waals surface area contributed by atoms with Gasteiger partial charge in [-0.2, -0.15) is 5.10 Å². The van der Waals surface area contributed by atoms with Gasteiger partial charge in [0.1, 0.15) is 11.2 Å². The highest BCUT2D eigenvalue weighted by atomic mass is 16.2. The molecule has 8 nitrogen and oxygen atoms in total. The summed E-state index contributed by atoms with van der Waals surface area (Å²) in [6.07, 6.45) is 0. The van der Waals surface area contributed by atoms with E-state index in [1.165, 1.54) is 15.6 Å². The SMILES string of the molecule is Cc1ccc(CNC(=O)[C@]2(C)Cn3nc(C(=O)NCc4cccc(C)c4)cc3C(=O)N2C)cc1. The lowest BCUT2D eigenvalue weighted by atomic mass is 9.95. The Kier molecular flexibility index (Phi) is 6.24. The number of carbonyl (C=O) groups excluding carboxylic acids is 3. The van der Waals surface area contributed by atoms with E-state index < -0.39 is 5.54 Å². The Morgan fingerprint density at radius 2 is 1.68 bits per heavy atom. The first-order chi connectivity index (χ1) is 16.2. The minimum Gasteiger partial charge on any atom is -0.350 e. The summed E-state index contributed by atoms with van der Waals surface area (Å²) in [6.45, 7) is 6.56. The number of benzene rings is 2. The van der Waals surface area contributed by atoms with E-state index in [4.69, 9.17) is 0 Å². The molecule has 0 unspecified atom stereocenters. The topological polar surface area (TPSA) is 96.3 Å². The van der Waals surface area contributed by atoms with Gasteiger partial charge in [-0.15, -0.1) is 0 Å². The van der Waals surface area contributed by atoms with Gasteiger partial charge < -0.3 is 15.5 Å². The van der Waals surface area contributed by atoms with E-state index in [-0.39, 0.29) is 35.7 Å². The highest BCUT2D eigenvalue weighted by Gasteiger charge is 2.46. The number of aryl methyl sites for hydroxylation is 2. The first-order valence-corrected chi connectivity index (χ1v) is 11.2. The molecule has 2 N–H and O–H groups in total. The number of nitrogens with one attached hydrogen (secondary N) is 2. The van der Waals surface area contributed by atoms with Crippen molar-refractivity contribution in [3.8, 4) is 0 Å². The van der Waals surface area contributed by atoms with Gasteiger partial charge >= 0.3 is 0 Å². The van der Waals surface area contributed by atoms with E-state index in [9.17, 15) is 14.4 Å². The van der Waals surface area contributed by atoms with Crippen LogP contribution >= 0.6 is 0 Å². The van der Waals surface area contributed by atoms with Crippen molar-refractivity contribution in [2.45, 2.75) is 45.9 Å². The van der Waals surface area contributed by atoms with Crippen molar-refractivity contribution < 1.29 is 14.4 Å². The van der Waals surface area contributed by atoms with E-state index in [1.807, 2.05) is 62.4 Å². The Morgan fingerprint density at radius 3 is 2.38 bits per heavy atom. The molecule has 34 heavy (non-hydrogen) atoms. The van der Waals surface area contributed by atoms with Crippen LogP contribution in [0.1, 0.15) is 50.2 Å². The molecule has 1 aliphatic rings. The average Bonchev–Trinajstić information content (AvgIpc) is 3.24. The number of amides is 3. The van der Waals surface area contributed by atoms with Crippen LogP contribution < -0.4 is 10.6 Å². The predicted octanol–water partition coefficient (Wildman–Crippen LogP) is 2.59. The Bertz CT molecular complexity index is 1250. The second kappa shape index (κ2) is 9.13. The second-order valence-corrected chi connectivity index (χ2v) is 9.05. The van der Waals surface area contributed by atoms with Crippen molar-refractivity contribution in [3.05, 3.63) is 88.2 Å². The molecule has 1 aromatic heterocycles. The lowest BCUT2D eigenvalue weighted by Crippen LogP contribution is -2.62. The van der Waals surface area contributed by atoms with Crippen molar-refractivity contribution in [3.63, 3.8) is 0 Å². The molecule has 0 spiro atoms. The van der Waals surface area contributed by atoms with Crippen LogP contribution in [0.3, 0.4) is 0 Å². The van der Waals surface area contributed by atoms with E-state index in [0.717, 1.165) is 22.3 Å². The molecule has 2 heterocycles. The maximum atomic E-state index is 13.1. The van der Waals surface area contributed by atoms with E-state index in [1.54, 1.807) is 14.0 Å². The largest absolute Gasteiger partial charge is 0.350 e. The van der Waals surface area contributed by atoms with Crippen molar-refractivity contribution in [2.24, 2.45) is 0 Å². The summed E-state index contributed by atoms with van der Waals surface area (Å²) >= 11 is 0. The van der Waals surface area contributed by atoms with Gasteiger partial charge in [0.25, 0.3) is 11.8 Å². The molecule has 0 saturated carbocycles.